The summed E-state index contributed by atoms with van der Waals surface area (Å²) in [6, 6.07) is 4.58. The molecular formula is C18H17F5N2O2. The Morgan fingerprint density at radius 2 is 1.85 bits per heavy atom. The Labute approximate surface area is 152 Å². The summed E-state index contributed by atoms with van der Waals surface area (Å²) in [6.45, 7) is 0.331. The number of anilines is 2. The van der Waals surface area contributed by atoms with E-state index in [1.54, 1.807) is 0 Å². The fourth-order valence-electron chi connectivity index (χ4n) is 2.50. The molecular weight excluding hydrogens is 371 g/mol. The number of rotatable bonds is 6. The molecule has 146 valence electrons. The van der Waals surface area contributed by atoms with Crippen LogP contribution >= 0.6 is 0 Å². The van der Waals surface area contributed by atoms with Crippen LogP contribution in [0.3, 0.4) is 0 Å². The molecule has 4 nitrogen and oxygen atoms in total. The molecule has 0 bridgehead atoms. The van der Waals surface area contributed by atoms with E-state index in [0.717, 1.165) is 13.2 Å². The largest absolute Gasteiger partial charge is 0.465 e. The molecule has 9 heteroatoms. The van der Waals surface area contributed by atoms with Gasteiger partial charge in [-0.15, -0.1) is 0 Å². The van der Waals surface area contributed by atoms with Crippen LogP contribution in [-0.2, 0) is 17.3 Å². The van der Waals surface area contributed by atoms with Gasteiger partial charge in [0.25, 0.3) is 0 Å². The van der Waals surface area contributed by atoms with Crippen molar-refractivity contribution in [1.82, 2.24) is 0 Å². The highest BCUT2D eigenvalue weighted by molar-refractivity contribution is 5.96. The number of nitrogens with one attached hydrogen (secondary N) is 1. The van der Waals surface area contributed by atoms with Crippen LogP contribution in [0.5, 0.6) is 0 Å². The van der Waals surface area contributed by atoms with Gasteiger partial charge in [-0.25, -0.2) is 13.6 Å². The molecule has 0 aliphatic carbocycles. The molecule has 0 radical (unpaired) electrons. The molecule has 2 rings (SSSR count). The topological polar surface area (TPSA) is 64.3 Å². The summed E-state index contributed by atoms with van der Waals surface area (Å²) in [6.07, 6.45) is -4.09. The lowest BCUT2D eigenvalue weighted by Crippen LogP contribution is -2.13. The molecule has 0 aliphatic heterocycles. The predicted octanol–water partition coefficient (Wildman–Crippen LogP) is 4.41. The third kappa shape index (κ3) is 4.94. The van der Waals surface area contributed by atoms with Crippen molar-refractivity contribution in [3.8, 4) is 0 Å². The first-order chi connectivity index (χ1) is 12.7. The number of hydrogen-bond acceptors (Lipinski definition) is 4. The smallest absolute Gasteiger partial charge is 0.419 e. The lowest BCUT2D eigenvalue weighted by atomic mass is 10.0. The molecule has 0 aliphatic rings. The normalized spacial score (nSPS) is 11.4. The average Bonchev–Trinajstić information content (AvgIpc) is 2.61. The second kappa shape index (κ2) is 8.34. The Bertz CT molecular complexity index is 837. The molecule has 2 aromatic carbocycles. The van der Waals surface area contributed by atoms with Gasteiger partial charge in [0.05, 0.1) is 23.9 Å². The second-order valence-electron chi connectivity index (χ2n) is 5.69. The van der Waals surface area contributed by atoms with Gasteiger partial charge in [-0.2, -0.15) is 13.2 Å². The lowest BCUT2D eigenvalue weighted by molar-refractivity contribution is -0.139. The number of halogens is 5. The fourth-order valence-corrected chi connectivity index (χ4v) is 2.50. The maximum Gasteiger partial charge on any atom is 0.419 e. The van der Waals surface area contributed by atoms with Gasteiger partial charge in [0.2, 0.25) is 0 Å². The van der Waals surface area contributed by atoms with E-state index in [1.165, 1.54) is 12.1 Å². The number of alkyl halides is 3. The number of ether oxygens (including phenoxy) is 1. The molecule has 0 fully saturated rings. The molecule has 0 atom stereocenters. The zero-order chi connectivity index (χ0) is 20.2. The van der Waals surface area contributed by atoms with Crippen LogP contribution in [0.1, 0.15) is 27.9 Å². The third-order valence-corrected chi connectivity index (χ3v) is 3.80. The fraction of sp³-hybridized carbons (Fsp3) is 0.278. The number of esters is 1. The summed E-state index contributed by atoms with van der Waals surface area (Å²) < 4.78 is 71.0. The van der Waals surface area contributed by atoms with Crippen molar-refractivity contribution < 1.29 is 31.5 Å². The van der Waals surface area contributed by atoms with Crippen molar-refractivity contribution in [1.29, 1.82) is 0 Å². The highest BCUT2D eigenvalue weighted by atomic mass is 19.4. The van der Waals surface area contributed by atoms with Crippen LogP contribution in [0.2, 0.25) is 0 Å². The van der Waals surface area contributed by atoms with Crippen molar-refractivity contribution in [2.75, 3.05) is 19.0 Å². The van der Waals surface area contributed by atoms with Crippen LogP contribution in [0.15, 0.2) is 30.3 Å². The maximum absolute atomic E-state index is 13.8. The molecule has 0 aromatic heterocycles. The Kier molecular flexibility index (Phi) is 6.37. The highest BCUT2D eigenvalue weighted by Crippen LogP contribution is 2.36. The van der Waals surface area contributed by atoms with E-state index in [9.17, 15) is 26.7 Å². The first kappa shape index (κ1) is 20.6. The number of carbonyl (C=O) groups is 1. The summed E-state index contributed by atoms with van der Waals surface area (Å²) in [5.41, 5.74) is 3.90. The predicted molar refractivity (Wildman–Crippen MR) is 89.8 cm³/mol. The van der Waals surface area contributed by atoms with E-state index in [-0.39, 0.29) is 11.4 Å². The van der Waals surface area contributed by atoms with Gasteiger partial charge < -0.3 is 15.8 Å². The zero-order valence-corrected chi connectivity index (χ0v) is 14.3. The van der Waals surface area contributed by atoms with E-state index in [0.29, 0.717) is 37.1 Å². The van der Waals surface area contributed by atoms with Crippen molar-refractivity contribution in [2.45, 2.75) is 19.0 Å². The molecule has 0 unspecified atom stereocenters. The lowest BCUT2D eigenvalue weighted by Gasteiger charge is -2.17. The summed E-state index contributed by atoms with van der Waals surface area (Å²) >= 11 is 0. The molecule has 0 saturated carbocycles. The Balaban J connectivity index is 2.55. The molecule has 0 spiro atoms. The minimum Gasteiger partial charge on any atom is -0.465 e. The number of carbonyl (C=O) groups excluding carboxylic acids is 1. The first-order valence-corrected chi connectivity index (χ1v) is 7.92. The Hall–Kier alpha value is -2.68. The van der Waals surface area contributed by atoms with Gasteiger partial charge >= 0.3 is 12.1 Å². The van der Waals surface area contributed by atoms with Crippen molar-refractivity contribution in [3.05, 3.63) is 58.7 Å². The minimum atomic E-state index is -4.96. The molecule has 3 N–H and O–H groups in total. The van der Waals surface area contributed by atoms with Gasteiger partial charge in [-0.1, -0.05) is 0 Å². The van der Waals surface area contributed by atoms with Crippen LogP contribution in [0, 0.1) is 11.6 Å². The second-order valence-corrected chi connectivity index (χ2v) is 5.69. The molecule has 0 heterocycles. The number of hydrogen-bond donors (Lipinski definition) is 2. The molecule has 0 saturated heterocycles. The van der Waals surface area contributed by atoms with Gasteiger partial charge in [-0.3, -0.25) is 0 Å². The van der Waals surface area contributed by atoms with E-state index in [1.807, 2.05) is 0 Å². The summed E-state index contributed by atoms with van der Waals surface area (Å²) in [5.74, 6) is -3.15. The highest BCUT2D eigenvalue weighted by Gasteiger charge is 2.35. The Morgan fingerprint density at radius 3 is 2.44 bits per heavy atom. The molecule has 2 aromatic rings. The number of methoxy groups -OCH3 is 1. The molecule has 27 heavy (non-hydrogen) atoms. The average molecular weight is 388 g/mol. The standard InChI is InChI=1S/C18H17F5N2O2/c1-27-17(26)12-8-14(20)13(18(21,22)23)9-16(12)25-15-5-4-11(19)7-10(15)3-2-6-24/h4-5,7-9,25H,2-3,6,24H2,1H3. The summed E-state index contributed by atoms with van der Waals surface area (Å²) in [5, 5.41) is 2.66. The van der Waals surface area contributed by atoms with E-state index >= 15 is 0 Å². The summed E-state index contributed by atoms with van der Waals surface area (Å²) in [7, 11) is 1.02. The SMILES string of the molecule is COC(=O)c1cc(F)c(C(F)(F)F)cc1Nc1ccc(F)cc1CCCN. The monoisotopic (exact) mass is 388 g/mol. The van der Waals surface area contributed by atoms with Crippen LogP contribution in [0.25, 0.3) is 0 Å². The molecule has 0 amide bonds. The first-order valence-electron chi connectivity index (χ1n) is 7.92. The van der Waals surface area contributed by atoms with Crippen LogP contribution in [0.4, 0.5) is 33.3 Å². The number of aryl methyl sites for hydroxylation is 1. The van der Waals surface area contributed by atoms with E-state index in [4.69, 9.17) is 5.73 Å². The number of nitrogens with two attached hydrogens (primary N) is 1. The summed E-state index contributed by atoms with van der Waals surface area (Å²) in [4.78, 5) is 11.9. The van der Waals surface area contributed by atoms with Gasteiger partial charge in [0.15, 0.2) is 0 Å². The van der Waals surface area contributed by atoms with Crippen molar-refractivity contribution in [3.63, 3.8) is 0 Å². The Morgan fingerprint density at radius 1 is 1.15 bits per heavy atom. The van der Waals surface area contributed by atoms with E-state index in [2.05, 4.69) is 10.1 Å². The van der Waals surface area contributed by atoms with Gasteiger partial charge in [0.1, 0.15) is 11.6 Å². The van der Waals surface area contributed by atoms with Crippen LogP contribution in [-0.4, -0.2) is 19.6 Å². The van der Waals surface area contributed by atoms with Crippen LogP contribution < -0.4 is 11.1 Å². The quantitative estimate of drug-likeness (QED) is 0.569. The van der Waals surface area contributed by atoms with Crippen molar-refractivity contribution in [2.24, 2.45) is 5.73 Å². The zero-order valence-electron chi connectivity index (χ0n) is 14.3. The van der Waals surface area contributed by atoms with Crippen molar-refractivity contribution >= 4 is 17.3 Å². The minimum absolute atomic E-state index is 0.273. The van der Waals surface area contributed by atoms with Gasteiger partial charge in [0, 0.05) is 5.69 Å². The van der Waals surface area contributed by atoms with E-state index < -0.39 is 34.9 Å². The maximum atomic E-state index is 13.8. The number of benzene rings is 2. The van der Waals surface area contributed by atoms with Gasteiger partial charge in [-0.05, 0) is 55.3 Å². The third-order valence-electron chi connectivity index (χ3n) is 3.80.